The molecule has 0 unspecified atom stereocenters. The van der Waals surface area contributed by atoms with Gasteiger partial charge in [0.2, 0.25) is 0 Å². The Hall–Kier alpha value is -2.80. The molecule has 1 aliphatic heterocycles. The third-order valence-corrected chi connectivity index (χ3v) is 3.99. The Labute approximate surface area is 146 Å². The number of methoxy groups -OCH3 is 2. The van der Waals surface area contributed by atoms with Crippen molar-refractivity contribution in [3.05, 3.63) is 42.1 Å². The van der Waals surface area contributed by atoms with Gasteiger partial charge in [-0.15, -0.1) is 0 Å². The van der Waals surface area contributed by atoms with Crippen LogP contribution in [-0.4, -0.2) is 51.4 Å². The summed E-state index contributed by atoms with van der Waals surface area (Å²) in [7, 11) is 3.09. The molecule has 0 aliphatic carbocycles. The molecule has 1 aliphatic rings. The smallest absolute Gasteiger partial charge is 0.255 e. The highest BCUT2D eigenvalue weighted by Crippen LogP contribution is 2.28. The predicted molar refractivity (Wildman–Crippen MR) is 94.8 cm³/mol. The van der Waals surface area contributed by atoms with Gasteiger partial charge in [-0.1, -0.05) is 0 Å². The molecule has 1 aromatic heterocycles. The molecule has 7 nitrogen and oxygen atoms in total. The molecule has 3 rings (SSSR count). The maximum Gasteiger partial charge on any atom is 0.255 e. The van der Waals surface area contributed by atoms with Crippen LogP contribution in [0.5, 0.6) is 11.5 Å². The Bertz CT molecular complexity index is 728. The quantitative estimate of drug-likeness (QED) is 0.897. The average Bonchev–Trinajstić information content (AvgIpc) is 2.68. The monoisotopic (exact) mass is 343 g/mol. The lowest BCUT2D eigenvalue weighted by atomic mass is 10.2. The van der Waals surface area contributed by atoms with Crippen LogP contribution in [0.1, 0.15) is 10.4 Å². The zero-order valence-corrected chi connectivity index (χ0v) is 14.3. The fourth-order valence-corrected chi connectivity index (χ4v) is 2.62. The first-order chi connectivity index (χ1) is 12.2. The minimum Gasteiger partial charge on any atom is -0.493 e. The van der Waals surface area contributed by atoms with Gasteiger partial charge in [0.25, 0.3) is 5.91 Å². The number of benzene rings is 1. The number of pyridine rings is 1. The molecular formula is C18H21N3O4. The second kappa shape index (κ2) is 7.85. The van der Waals surface area contributed by atoms with Crippen LogP contribution in [0.4, 0.5) is 11.5 Å². The summed E-state index contributed by atoms with van der Waals surface area (Å²) in [6.07, 6.45) is 1.66. The molecule has 1 amide bonds. The lowest BCUT2D eigenvalue weighted by molar-refractivity contribution is 0.102. The second-order valence-electron chi connectivity index (χ2n) is 5.53. The summed E-state index contributed by atoms with van der Waals surface area (Å²) in [5, 5.41) is 2.84. The Morgan fingerprint density at radius 1 is 1.12 bits per heavy atom. The van der Waals surface area contributed by atoms with Crippen molar-refractivity contribution in [2.24, 2.45) is 0 Å². The number of hydrogen-bond donors (Lipinski definition) is 1. The van der Waals surface area contributed by atoms with E-state index in [4.69, 9.17) is 14.2 Å². The highest BCUT2D eigenvalue weighted by Gasteiger charge is 2.14. The maximum absolute atomic E-state index is 12.4. The summed E-state index contributed by atoms with van der Waals surface area (Å²) < 4.78 is 15.7. The van der Waals surface area contributed by atoms with Crippen molar-refractivity contribution in [3.8, 4) is 11.5 Å². The van der Waals surface area contributed by atoms with Crippen LogP contribution in [0.3, 0.4) is 0 Å². The predicted octanol–water partition coefficient (Wildman–Crippen LogP) is 2.19. The molecule has 132 valence electrons. The minimum atomic E-state index is -0.234. The lowest BCUT2D eigenvalue weighted by Crippen LogP contribution is -2.36. The normalized spacial score (nSPS) is 14.1. The molecule has 2 heterocycles. The zero-order chi connectivity index (χ0) is 17.6. The van der Waals surface area contributed by atoms with Crippen molar-refractivity contribution in [2.75, 3.05) is 50.7 Å². The molecule has 25 heavy (non-hydrogen) atoms. The van der Waals surface area contributed by atoms with Gasteiger partial charge in [0.1, 0.15) is 5.82 Å². The minimum absolute atomic E-state index is 0.234. The Morgan fingerprint density at radius 2 is 1.88 bits per heavy atom. The van der Waals surface area contributed by atoms with Crippen molar-refractivity contribution in [1.82, 2.24) is 4.98 Å². The van der Waals surface area contributed by atoms with Crippen molar-refractivity contribution >= 4 is 17.4 Å². The Morgan fingerprint density at radius 3 is 2.52 bits per heavy atom. The number of carbonyl (C=O) groups excluding carboxylic acids is 1. The molecule has 2 aromatic rings. The van der Waals surface area contributed by atoms with Gasteiger partial charge in [0.15, 0.2) is 11.5 Å². The zero-order valence-electron chi connectivity index (χ0n) is 14.3. The van der Waals surface area contributed by atoms with Gasteiger partial charge < -0.3 is 24.4 Å². The van der Waals surface area contributed by atoms with E-state index in [0.717, 1.165) is 18.9 Å². The van der Waals surface area contributed by atoms with Crippen LogP contribution in [-0.2, 0) is 4.74 Å². The van der Waals surface area contributed by atoms with Crippen LogP contribution in [0.25, 0.3) is 0 Å². The summed E-state index contributed by atoms with van der Waals surface area (Å²) >= 11 is 0. The van der Waals surface area contributed by atoms with E-state index in [1.54, 1.807) is 31.5 Å². The van der Waals surface area contributed by atoms with Crippen LogP contribution in [0, 0.1) is 0 Å². The summed E-state index contributed by atoms with van der Waals surface area (Å²) in [5.74, 6) is 1.74. The molecule has 0 spiro atoms. The SMILES string of the molecule is COc1ccc(C(=O)Nc2ccc(N3CCOCC3)nc2)cc1OC. The molecule has 0 radical (unpaired) electrons. The molecule has 0 bridgehead atoms. The van der Waals surface area contributed by atoms with Crippen molar-refractivity contribution in [3.63, 3.8) is 0 Å². The highest BCUT2D eigenvalue weighted by molar-refractivity contribution is 6.04. The third kappa shape index (κ3) is 4.00. The van der Waals surface area contributed by atoms with E-state index in [9.17, 15) is 4.79 Å². The topological polar surface area (TPSA) is 72.9 Å². The number of carbonyl (C=O) groups is 1. The van der Waals surface area contributed by atoms with E-state index < -0.39 is 0 Å². The average molecular weight is 343 g/mol. The summed E-state index contributed by atoms with van der Waals surface area (Å²) in [4.78, 5) is 19.0. The van der Waals surface area contributed by atoms with Gasteiger partial charge in [0.05, 0.1) is 39.3 Å². The summed E-state index contributed by atoms with van der Waals surface area (Å²) in [6.45, 7) is 3.06. The molecule has 1 N–H and O–H groups in total. The summed E-state index contributed by atoms with van der Waals surface area (Å²) in [6, 6.07) is 8.77. The second-order valence-corrected chi connectivity index (χ2v) is 5.53. The van der Waals surface area contributed by atoms with E-state index in [0.29, 0.717) is 36.0 Å². The lowest BCUT2D eigenvalue weighted by Gasteiger charge is -2.27. The third-order valence-electron chi connectivity index (χ3n) is 3.99. The van der Waals surface area contributed by atoms with E-state index in [1.807, 2.05) is 12.1 Å². The summed E-state index contributed by atoms with van der Waals surface area (Å²) in [5.41, 5.74) is 1.12. The number of morpholine rings is 1. The Balaban J connectivity index is 1.68. The molecule has 0 saturated carbocycles. The number of ether oxygens (including phenoxy) is 3. The molecule has 1 saturated heterocycles. The first-order valence-electron chi connectivity index (χ1n) is 8.03. The number of anilines is 2. The van der Waals surface area contributed by atoms with E-state index in [2.05, 4.69) is 15.2 Å². The molecule has 1 aromatic carbocycles. The van der Waals surface area contributed by atoms with Gasteiger partial charge >= 0.3 is 0 Å². The van der Waals surface area contributed by atoms with Crippen LogP contribution < -0.4 is 19.7 Å². The highest BCUT2D eigenvalue weighted by atomic mass is 16.5. The van der Waals surface area contributed by atoms with E-state index >= 15 is 0 Å². The van der Waals surface area contributed by atoms with E-state index in [1.165, 1.54) is 7.11 Å². The number of nitrogens with zero attached hydrogens (tertiary/aromatic N) is 2. The first kappa shape index (κ1) is 17.0. The van der Waals surface area contributed by atoms with Crippen LogP contribution in [0.2, 0.25) is 0 Å². The molecule has 1 fully saturated rings. The molecule has 7 heteroatoms. The van der Waals surface area contributed by atoms with Crippen LogP contribution >= 0.6 is 0 Å². The maximum atomic E-state index is 12.4. The number of amides is 1. The standard InChI is InChI=1S/C18H21N3O4/c1-23-15-5-3-13(11-16(15)24-2)18(22)20-14-4-6-17(19-12-14)21-7-9-25-10-8-21/h3-6,11-12H,7-10H2,1-2H3,(H,20,22). The molecular weight excluding hydrogens is 322 g/mol. The van der Waals surface area contributed by atoms with Crippen molar-refractivity contribution < 1.29 is 19.0 Å². The largest absolute Gasteiger partial charge is 0.493 e. The Kier molecular flexibility index (Phi) is 5.35. The molecule has 0 atom stereocenters. The van der Waals surface area contributed by atoms with Gasteiger partial charge in [-0.05, 0) is 30.3 Å². The van der Waals surface area contributed by atoms with Gasteiger partial charge in [-0.25, -0.2) is 4.98 Å². The number of rotatable bonds is 5. The fraction of sp³-hybridized carbons (Fsp3) is 0.333. The number of aromatic nitrogens is 1. The number of hydrogen-bond acceptors (Lipinski definition) is 6. The van der Waals surface area contributed by atoms with Gasteiger partial charge in [-0.3, -0.25) is 4.79 Å². The van der Waals surface area contributed by atoms with Crippen molar-refractivity contribution in [2.45, 2.75) is 0 Å². The van der Waals surface area contributed by atoms with Gasteiger partial charge in [-0.2, -0.15) is 0 Å². The first-order valence-corrected chi connectivity index (χ1v) is 8.03. The van der Waals surface area contributed by atoms with E-state index in [-0.39, 0.29) is 5.91 Å². The van der Waals surface area contributed by atoms with Gasteiger partial charge in [0, 0.05) is 18.7 Å². The van der Waals surface area contributed by atoms with Crippen LogP contribution in [0.15, 0.2) is 36.5 Å². The number of nitrogens with one attached hydrogen (secondary N) is 1. The fourth-order valence-electron chi connectivity index (χ4n) is 2.62. The van der Waals surface area contributed by atoms with Crippen molar-refractivity contribution in [1.29, 1.82) is 0 Å².